The van der Waals surface area contributed by atoms with Crippen LogP contribution >= 0.6 is 0 Å². The second kappa shape index (κ2) is 5.88. The third-order valence-corrected chi connectivity index (χ3v) is 3.27. The summed E-state index contributed by atoms with van der Waals surface area (Å²) in [6.45, 7) is 1.11. The number of furan rings is 1. The van der Waals surface area contributed by atoms with Crippen LogP contribution in [0.15, 0.2) is 22.8 Å². The van der Waals surface area contributed by atoms with Gasteiger partial charge in [-0.3, -0.25) is 9.59 Å². The van der Waals surface area contributed by atoms with Gasteiger partial charge < -0.3 is 19.3 Å². The second-order valence-electron chi connectivity index (χ2n) is 4.75. The lowest BCUT2D eigenvalue weighted by Crippen LogP contribution is -2.45. The molecule has 0 bridgehead atoms. The van der Waals surface area contributed by atoms with E-state index in [4.69, 9.17) is 4.42 Å². The van der Waals surface area contributed by atoms with E-state index in [1.54, 1.807) is 24.1 Å². The molecule has 1 N–H and O–H groups in total. The molecule has 0 saturated carbocycles. The summed E-state index contributed by atoms with van der Waals surface area (Å²) in [4.78, 5) is 26.9. The van der Waals surface area contributed by atoms with Crippen molar-refractivity contribution >= 4 is 11.8 Å². The quantitative estimate of drug-likeness (QED) is 0.856. The molecule has 19 heavy (non-hydrogen) atoms. The van der Waals surface area contributed by atoms with Crippen molar-refractivity contribution in [1.29, 1.82) is 0 Å². The molecule has 1 aromatic heterocycles. The highest BCUT2D eigenvalue weighted by molar-refractivity contribution is 5.94. The first-order chi connectivity index (χ1) is 9.08. The topological polar surface area (TPSA) is 74.0 Å². The number of amides is 2. The van der Waals surface area contributed by atoms with Gasteiger partial charge in [0.2, 0.25) is 5.91 Å². The van der Waals surface area contributed by atoms with Gasteiger partial charge in [0.05, 0.1) is 18.9 Å². The van der Waals surface area contributed by atoms with Crippen LogP contribution in [-0.2, 0) is 4.79 Å². The summed E-state index contributed by atoms with van der Waals surface area (Å²) in [5, 5.41) is 9.39. The van der Waals surface area contributed by atoms with Crippen LogP contribution in [0.25, 0.3) is 0 Å². The molecule has 0 atom stereocenters. The highest BCUT2D eigenvalue weighted by Crippen LogP contribution is 2.11. The molecule has 1 saturated heterocycles. The third-order valence-electron chi connectivity index (χ3n) is 3.27. The van der Waals surface area contributed by atoms with Gasteiger partial charge in [-0.05, 0) is 25.0 Å². The van der Waals surface area contributed by atoms with Gasteiger partial charge in [-0.1, -0.05) is 0 Å². The second-order valence-corrected chi connectivity index (χ2v) is 4.75. The van der Waals surface area contributed by atoms with E-state index in [0.717, 1.165) is 0 Å². The maximum absolute atomic E-state index is 12.0. The Bertz CT molecular complexity index is 436. The summed E-state index contributed by atoms with van der Waals surface area (Å²) >= 11 is 0. The lowest BCUT2D eigenvalue weighted by atomic mass is 10.1. The van der Waals surface area contributed by atoms with Crippen molar-refractivity contribution in [2.45, 2.75) is 18.9 Å². The molecule has 2 heterocycles. The van der Waals surface area contributed by atoms with Crippen molar-refractivity contribution < 1.29 is 19.1 Å². The number of hydrogen-bond acceptors (Lipinski definition) is 4. The van der Waals surface area contributed by atoms with E-state index in [1.807, 2.05) is 0 Å². The van der Waals surface area contributed by atoms with E-state index >= 15 is 0 Å². The van der Waals surface area contributed by atoms with Crippen molar-refractivity contribution in [2.75, 3.05) is 26.7 Å². The summed E-state index contributed by atoms with van der Waals surface area (Å²) in [5.41, 5.74) is 0. The minimum Gasteiger partial charge on any atom is -0.459 e. The van der Waals surface area contributed by atoms with Gasteiger partial charge in [0.1, 0.15) is 0 Å². The number of rotatable bonds is 3. The molecular weight excluding hydrogens is 248 g/mol. The SMILES string of the molecule is CN(CC(=O)N1CCC(O)CC1)C(=O)c1ccco1. The largest absolute Gasteiger partial charge is 0.459 e. The van der Waals surface area contributed by atoms with Crippen LogP contribution in [0.1, 0.15) is 23.4 Å². The molecule has 2 amide bonds. The molecule has 0 spiro atoms. The van der Waals surface area contributed by atoms with Gasteiger partial charge in [-0.15, -0.1) is 0 Å². The fourth-order valence-corrected chi connectivity index (χ4v) is 2.08. The first kappa shape index (κ1) is 13.6. The lowest BCUT2D eigenvalue weighted by molar-refractivity contribution is -0.133. The Kier molecular flexibility index (Phi) is 4.21. The summed E-state index contributed by atoms with van der Waals surface area (Å²) < 4.78 is 5.01. The first-order valence-electron chi connectivity index (χ1n) is 6.32. The van der Waals surface area contributed by atoms with E-state index in [-0.39, 0.29) is 30.2 Å². The number of piperidine rings is 1. The van der Waals surface area contributed by atoms with E-state index in [2.05, 4.69) is 0 Å². The number of aliphatic hydroxyl groups is 1. The molecular formula is C13H18N2O4. The zero-order valence-electron chi connectivity index (χ0n) is 10.9. The molecule has 0 aliphatic carbocycles. The smallest absolute Gasteiger partial charge is 0.289 e. The maximum Gasteiger partial charge on any atom is 0.289 e. The van der Waals surface area contributed by atoms with Gasteiger partial charge >= 0.3 is 0 Å². The number of carbonyl (C=O) groups is 2. The molecule has 2 rings (SSSR count). The molecule has 0 unspecified atom stereocenters. The van der Waals surface area contributed by atoms with E-state index < -0.39 is 0 Å². The summed E-state index contributed by atoms with van der Waals surface area (Å²) in [7, 11) is 1.57. The molecule has 1 aliphatic heterocycles. The predicted molar refractivity (Wildman–Crippen MR) is 67.5 cm³/mol. The molecule has 1 aromatic rings. The Balaban J connectivity index is 1.86. The number of aliphatic hydroxyl groups excluding tert-OH is 1. The highest BCUT2D eigenvalue weighted by atomic mass is 16.3. The molecule has 0 aromatic carbocycles. The molecule has 104 valence electrons. The predicted octanol–water partition coefficient (Wildman–Crippen LogP) is 0.335. The van der Waals surface area contributed by atoms with Crippen LogP contribution in [0.5, 0.6) is 0 Å². The van der Waals surface area contributed by atoms with E-state index in [9.17, 15) is 14.7 Å². The number of nitrogens with zero attached hydrogens (tertiary/aromatic N) is 2. The highest BCUT2D eigenvalue weighted by Gasteiger charge is 2.24. The fraction of sp³-hybridized carbons (Fsp3) is 0.538. The Labute approximate surface area is 111 Å². The van der Waals surface area contributed by atoms with Crippen molar-refractivity contribution in [3.63, 3.8) is 0 Å². The minimum absolute atomic E-state index is 0.0234. The molecule has 1 aliphatic rings. The monoisotopic (exact) mass is 266 g/mol. The molecule has 0 radical (unpaired) electrons. The maximum atomic E-state index is 12.0. The van der Waals surface area contributed by atoms with E-state index in [1.165, 1.54) is 11.2 Å². The molecule has 6 heteroatoms. The Morgan fingerprint density at radius 3 is 2.74 bits per heavy atom. The van der Waals surface area contributed by atoms with Gasteiger partial charge in [-0.2, -0.15) is 0 Å². The van der Waals surface area contributed by atoms with Gasteiger partial charge in [-0.25, -0.2) is 0 Å². The number of carbonyl (C=O) groups excluding carboxylic acids is 2. The molecule has 1 fully saturated rings. The van der Waals surface area contributed by atoms with Crippen molar-refractivity contribution in [2.24, 2.45) is 0 Å². The lowest BCUT2D eigenvalue weighted by Gasteiger charge is -2.30. The van der Waals surface area contributed by atoms with Gasteiger partial charge in [0, 0.05) is 20.1 Å². The molecule has 6 nitrogen and oxygen atoms in total. The van der Waals surface area contributed by atoms with Gasteiger partial charge in [0.15, 0.2) is 5.76 Å². The van der Waals surface area contributed by atoms with Crippen LogP contribution in [-0.4, -0.2) is 59.5 Å². The minimum atomic E-state index is -0.313. The Morgan fingerprint density at radius 2 is 2.16 bits per heavy atom. The van der Waals surface area contributed by atoms with Crippen LogP contribution in [0.2, 0.25) is 0 Å². The van der Waals surface area contributed by atoms with E-state index in [0.29, 0.717) is 25.9 Å². The first-order valence-corrected chi connectivity index (χ1v) is 6.32. The summed E-state index contributed by atoms with van der Waals surface area (Å²) in [5.74, 6) is -0.186. The summed E-state index contributed by atoms with van der Waals surface area (Å²) in [6.07, 6.45) is 2.31. The van der Waals surface area contributed by atoms with Crippen LogP contribution < -0.4 is 0 Å². The standard InChI is InChI=1S/C13H18N2O4/c1-14(13(18)11-3-2-8-19-11)9-12(17)15-6-4-10(16)5-7-15/h2-3,8,10,16H,4-7,9H2,1H3. The number of hydrogen-bond donors (Lipinski definition) is 1. The van der Waals surface area contributed by atoms with Crippen molar-refractivity contribution in [3.8, 4) is 0 Å². The average Bonchev–Trinajstić information content (AvgIpc) is 2.92. The fourth-order valence-electron chi connectivity index (χ4n) is 2.08. The Morgan fingerprint density at radius 1 is 1.47 bits per heavy atom. The van der Waals surface area contributed by atoms with Gasteiger partial charge in [0.25, 0.3) is 5.91 Å². The normalized spacial score (nSPS) is 16.4. The number of likely N-dealkylation sites (tertiary alicyclic amines) is 1. The number of likely N-dealkylation sites (N-methyl/N-ethyl adjacent to an activating group) is 1. The zero-order valence-corrected chi connectivity index (χ0v) is 10.9. The van der Waals surface area contributed by atoms with Crippen LogP contribution in [0.3, 0.4) is 0 Å². The van der Waals surface area contributed by atoms with Crippen LogP contribution in [0.4, 0.5) is 0 Å². The van der Waals surface area contributed by atoms with Crippen LogP contribution in [0, 0.1) is 0 Å². The Hall–Kier alpha value is -1.82. The third kappa shape index (κ3) is 3.35. The van der Waals surface area contributed by atoms with Crippen molar-refractivity contribution in [3.05, 3.63) is 24.2 Å². The van der Waals surface area contributed by atoms with Crippen molar-refractivity contribution in [1.82, 2.24) is 9.80 Å². The average molecular weight is 266 g/mol. The summed E-state index contributed by atoms with van der Waals surface area (Å²) in [6, 6.07) is 3.20. The zero-order chi connectivity index (χ0) is 13.8.